The van der Waals surface area contributed by atoms with Gasteiger partial charge in [-0.3, -0.25) is 0 Å². The van der Waals surface area contributed by atoms with E-state index in [4.69, 9.17) is 10.7 Å². The third-order valence-corrected chi connectivity index (χ3v) is 3.89. The largest absolute Gasteiger partial charge is 0.330 e. The number of imidazole rings is 1. The molecule has 3 heteroatoms. The summed E-state index contributed by atoms with van der Waals surface area (Å²) in [6, 6.07) is 12.8. The third-order valence-electron chi connectivity index (χ3n) is 3.89. The van der Waals surface area contributed by atoms with E-state index < -0.39 is 0 Å². The van der Waals surface area contributed by atoms with Gasteiger partial charge in [0.25, 0.3) is 0 Å². The second-order valence-electron chi connectivity index (χ2n) is 5.55. The number of rotatable bonds is 4. The number of aryl methyl sites for hydroxylation is 3. The fraction of sp³-hybridized carbons (Fsp3) is 0.278. The highest BCUT2D eigenvalue weighted by Crippen LogP contribution is 2.27. The molecule has 0 aliphatic carbocycles. The molecule has 0 saturated carbocycles. The molecule has 0 bridgehead atoms. The maximum Gasteiger partial charge on any atom is 0.140 e. The Labute approximate surface area is 125 Å². The van der Waals surface area contributed by atoms with Gasteiger partial charge >= 0.3 is 0 Å². The van der Waals surface area contributed by atoms with E-state index in [-0.39, 0.29) is 0 Å². The number of fused-ring (bicyclic) bond motifs is 1. The minimum atomic E-state index is 0.701. The monoisotopic (exact) mass is 279 g/mol. The highest BCUT2D eigenvalue weighted by molar-refractivity contribution is 5.68. The topological polar surface area (TPSA) is 43.3 Å². The second-order valence-corrected chi connectivity index (χ2v) is 5.55. The van der Waals surface area contributed by atoms with E-state index >= 15 is 0 Å². The summed E-state index contributed by atoms with van der Waals surface area (Å²) in [7, 11) is 0. The van der Waals surface area contributed by atoms with Crippen LogP contribution in [0.2, 0.25) is 0 Å². The fourth-order valence-electron chi connectivity index (χ4n) is 2.70. The molecule has 0 aliphatic rings. The molecule has 2 aromatic heterocycles. The number of hydrogen-bond acceptors (Lipinski definition) is 2. The van der Waals surface area contributed by atoms with Gasteiger partial charge in [0.05, 0.1) is 11.4 Å². The fourth-order valence-corrected chi connectivity index (χ4v) is 2.70. The molecule has 0 saturated heterocycles. The number of pyridine rings is 1. The van der Waals surface area contributed by atoms with Gasteiger partial charge in [0.15, 0.2) is 0 Å². The molecule has 1 aromatic carbocycles. The van der Waals surface area contributed by atoms with Crippen LogP contribution in [0.5, 0.6) is 0 Å². The quantitative estimate of drug-likeness (QED) is 0.794. The zero-order valence-corrected chi connectivity index (χ0v) is 12.6. The summed E-state index contributed by atoms with van der Waals surface area (Å²) < 4.78 is 2.21. The molecule has 2 N–H and O–H groups in total. The van der Waals surface area contributed by atoms with E-state index in [0.717, 1.165) is 24.2 Å². The summed E-state index contributed by atoms with van der Waals surface area (Å²) in [5.74, 6) is 0. The van der Waals surface area contributed by atoms with Gasteiger partial charge in [-0.15, -0.1) is 0 Å². The Balaban J connectivity index is 2.20. The molecule has 0 atom stereocenters. The highest BCUT2D eigenvalue weighted by atomic mass is 15.0. The number of nitrogens with two attached hydrogens (primary N) is 1. The van der Waals surface area contributed by atoms with E-state index in [0.29, 0.717) is 6.54 Å². The molecule has 3 aromatic rings. The predicted octanol–water partition coefficient (Wildman–Crippen LogP) is 3.51. The number of nitrogens with zero attached hydrogens (tertiary/aromatic N) is 2. The molecular formula is C18H21N3. The smallest absolute Gasteiger partial charge is 0.140 e. The molecule has 2 heterocycles. The lowest BCUT2D eigenvalue weighted by atomic mass is 10.1. The maximum atomic E-state index is 5.70. The van der Waals surface area contributed by atoms with Crippen LogP contribution < -0.4 is 5.73 Å². The van der Waals surface area contributed by atoms with Crippen LogP contribution in [0.3, 0.4) is 0 Å². The summed E-state index contributed by atoms with van der Waals surface area (Å²) in [6.45, 7) is 4.91. The average molecular weight is 279 g/mol. The number of aromatic nitrogens is 2. The molecule has 108 valence electrons. The van der Waals surface area contributed by atoms with Crippen molar-refractivity contribution in [2.45, 2.75) is 26.7 Å². The summed E-state index contributed by atoms with van der Waals surface area (Å²) >= 11 is 0. The first-order valence-electron chi connectivity index (χ1n) is 7.44. The molecule has 0 spiro atoms. The van der Waals surface area contributed by atoms with E-state index in [2.05, 4.69) is 60.8 Å². The Bertz CT molecular complexity index is 754. The summed E-state index contributed by atoms with van der Waals surface area (Å²) in [5.41, 5.74) is 12.7. The van der Waals surface area contributed by atoms with Crippen LogP contribution in [0.4, 0.5) is 0 Å². The molecule has 0 fully saturated rings. The first kappa shape index (κ1) is 13.8. The van der Waals surface area contributed by atoms with Crippen molar-refractivity contribution < 1.29 is 0 Å². The zero-order chi connectivity index (χ0) is 14.8. The zero-order valence-electron chi connectivity index (χ0n) is 12.6. The van der Waals surface area contributed by atoms with Gasteiger partial charge in [0.1, 0.15) is 5.65 Å². The summed E-state index contributed by atoms with van der Waals surface area (Å²) in [5, 5.41) is 0. The van der Waals surface area contributed by atoms with Crippen molar-refractivity contribution in [3.05, 3.63) is 59.4 Å². The molecule has 21 heavy (non-hydrogen) atoms. The minimum absolute atomic E-state index is 0.701. The van der Waals surface area contributed by atoms with Crippen LogP contribution in [-0.4, -0.2) is 15.9 Å². The van der Waals surface area contributed by atoms with Crippen molar-refractivity contribution in [1.29, 1.82) is 0 Å². The third kappa shape index (κ3) is 2.57. The van der Waals surface area contributed by atoms with Crippen molar-refractivity contribution in [2.75, 3.05) is 6.54 Å². The lowest BCUT2D eigenvalue weighted by molar-refractivity contribution is 0.803. The average Bonchev–Trinajstić information content (AvgIpc) is 2.86. The van der Waals surface area contributed by atoms with Crippen LogP contribution in [0.25, 0.3) is 16.9 Å². The molecule has 0 unspecified atom stereocenters. The Hall–Kier alpha value is -2.13. The van der Waals surface area contributed by atoms with Gasteiger partial charge in [-0.05, 0) is 44.9 Å². The van der Waals surface area contributed by atoms with E-state index in [9.17, 15) is 0 Å². The Kier molecular flexibility index (Phi) is 3.76. The molecule has 3 nitrogen and oxygen atoms in total. The SMILES string of the molecule is Cc1ccc(-c2nc3c(C)cccn3c2CCCN)cc1. The van der Waals surface area contributed by atoms with Crippen LogP contribution in [0.1, 0.15) is 23.2 Å². The first-order valence-corrected chi connectivity index (χ1v) is 7.44. The first-order chi connectivity index (χ1) is 10.2. The van der Waals surface area contributed by atoms with Crippen molar-refractivity contribution in [2.24, 2.45) is 5.73 Å². The minimum Gasteiger partial charge on any atom is -0.330 e. The van der Waals surface area contributed by atoms with Crippen molar-refractivity contribution in [1.82, 2.24) is 9.38 Å². The van der Waals surface area contributed by atoms with Gasteiger partial charge in [-0.25, -0.2) is 4.98 Å². The van der Waals surface area contributed by atoms with E-state index in [1.165, 1.54) is 22.4 Å². The van der Waals surface area contributed by atoms with Gasteiger partial charge < -0.3 is 10.1 Å². The van der Waals surface area contributed by atoms with Crippen LogP contribution in [0, 0.1) is 13.8 Å². The van der Waals surface area contributed by atoms with Gasteiger partial charge in [0.2, 0.25) is 0 Å². The highest BCUT2D eigenvalue weighted by Gasteiger charge is 2.14. The summed E-state index contributed by atoms with van der Waals surface area (Å²) in [6.07, 6.45) is 4.02. The van der Waals surface area contributed by atoms with Crippen molar-refractivity contribution >= 4 is 5.65 Å². The Morgan fingerprint density at radius 1 is 1.10 bits per heavy atom. The van der Waals surface area contributed by atoms with Gasteiger partial charge in [-0.2, -0.15) is 0 Å². The molecular weight excluding hydrogens is 258 g/mol. The van der Waals surface area contributed by atoms with Crippen molar-refractivity contribution in [3.8, 4) is 11.3 Å². The molecule has 3 rings (SSSR count). The lowest BCUT2D eigenvalue weighted by Crippen LogP contribution is -2.03. The number of hydrogen-bond donors (Lipinski definition) is 1. The summed E-state index contributed by atoms with van der Waals surface area (Å²) in [4.78, 5) is 4.89. The van der Waals surface area contributed by atoms with E-state index in [1.54, 1.807) is 0 Å². The Morgan fingerprint density at radius 2 is 1.86 bits per heavy atom. The second kappa shape index (κ2) is 5.70. The Morgan fingerprint density at radius 3 is 2.57 bits per heavy atom. The van der Waals surface area contributed by atoms with Gasteiger partial charge in [0, 0.05) is 11.8 Å². The molecule has 0 amide bonds. The molecule has 0 radical (unpaired) electrons. The maximum absolute atomic E-state index is 5.70. The standard InChI is InChI=1S/C18H21N3/c1-13-7-9-15(10-8-13)17-16(6-3-11-19)21-12-4-5-14(2)18(21)20-17/h4-5,7-10,12H,3,6,11,19H2,1-2H3. The van der Waals surface area contributed by atoms with Crippen molar-refractivity contribution in [3.63, 3.8) is 0 Å². The van der Waals surface area contributed by atoms with Crippen LogP contribution in [0.15, 0.2) is 42.6 Å². The number of benzene rings is 1. The van der Waals surface area contributed by atoms with Gasteiger partial charge in [-0.1, -0.05) is 35.9 Å². The molecule has 0 aliphatic heterocycles. The predicted molar refractivity (Wildman–Crippen MR) is 87.5 cm³/mol. The van der Waals surface area contributed by atoms with Crippen LogP contribution in [-0.2, 0) is 6.42 Å². The van der Waals surface area contributed by atoms with E-state index in [1.807, 2.05) is 0 Å². The van der Waals surface area contributed by atoms with Crippen LogP contribution >= 0.6 is 0 Å². The lowest BCUT2D eigenvalue weighted by Gasteiger charge is -2.05. The normalized spacial score (nSPS) is 11.2.